The summed E-state index contributed by atoms with van der Waals surface area (Å²) in [6, 6.07) is 5.58. The van der Waals surface area contributed by atoms with Crippen LogP contribution in [0.5, 0.6) is 0 Å². The van der Waals surface area contributed by atoms with Gasteiger partial charge in [-0.15, -0.1) is 11.3 Å². The van der Waals surface area contributed by atoms with Gasteiger partial charge in [0, 0.05) is 22.8 Å². The number of rotatable bonds is 3. The Kier molecular flexibility index (Phi) is 3.39. The molecule has 6 heteroatoms. The van der Waals surface area contributed by atoms with E-state index < -0.39 is 0 Å². The maximum atomic E-state index is 12.3. The van der Waals surface area contributed by atoms with E-state index in [0.29, 0.717) is 5.39 Å². The summed E-state index contributed by atoms with van der Waals surface area (Å²) in [6.45, 7) is 2.06. The van der Waals surface area contributed by atoms with Crippen LogP contribution in [0.1, 0.15) is 17.4 Å². The first-order valence-electron chi connectivity index (χ1n) is 6.22. The maximum absolute atomic E-state index is 12.3. The number of aryl methyl sites for hydroxylation is 1. The smallest absolute Gasteiger partial charge is 0.267 e. The SMILES string of the molecule is CCc1cc2c(=O)n(/N=C\c3cccnc3)cnc2s1. The molecule has 0 fully saturated rings. The van der Waals surface area contributed by atoms with Gasteiger partial charge >= 0.3 is 0 Å². The third-order valence-electron chi connectivity index (χ3n) is 2.85. The fourth-order valence-electron chi connectivity index (χ4n) is 1.80. The van der Waals surface area contributed by atoms with Gasteiger partial charge in [-0.2, -0.15) is 9.78 Å². The van der Waals surface area contributed by atoms with Gasteiger partial charge in [0.05, 0.1) is 11.6 Å². The molecule has 0 aliphatic rings. The first-order chi connectivity index (χ1) is 9.78. The maximum Gasteiger partial charge on any atom is 0.282 e. The van der Waals surface area contributed by atoms with Crippen molar-refractivity contribution in [2.75, 3.05) is 0 Å². The number of thiophene rings is 1. The number of hydrogen-bond donors (Lipinski definition) is 0. The van der Waals surface area contributed by atoms with Crippen LogP contribution in [0.3, 0.4) is 0 Å². The molecule has 3 aromatic heterocycles. The zero-order valence-corrected chi connectivity index (χ0v) is 11.7. The van der Waals surface area contributed by atoms with Crippen molar-refractivity contribution in [1.82, 2.24) is 14.6 Å². The van der Waals surface area contributed by atoms with Gasteiger partial charge in [-0.25, -0.2) is 4.98 Å². The molecule has 3 aromatic rings. The van der Waals surface area contributed by atoms with E-state index in [1.165, 1.54) is 11.0 Å². The van der Waals surface area contributed by atoms with Crippen molar-refractivity contribution in [3.8, 4) is 0 Å². The van der Waals surface area contributed by atoms with E-state index in [2.05, 4.69) is 22.0 Å². The zero-order valence-electron chi connectivity index (χ0n) is 10.9. The van der Waals surface area contributed by atoms with Crippen molar-refractivity contribution in [1.29, 1.82) is 0 Å². The van der Waals surface area contributed by atoms with Crippen molar-refractivity contribution >= 4 is 27.8 Å². The first-order valence-corrected chi connectivity index (χ1v) is 7.04. The molecule has 3 heterocycles. The Bertz CT molecular complexity index is 820. The lowest BCUT2D eigenvalue weighted by molar-refractivity contribution is 0.818. The number of fused-ring (bicyclic) bond motifs is 1. The van der Waals surface area contributed by atoms with Crippen molar-refractivity contribution in [2.45, 2.75) is 13.3 Å². The van der Waals surface area contributed by atoms with Crippen LogP contribution in [0.15, 0.2) is 46.8 Å². The Morgan fingerprint density at radius 2 is 2.40 bits per heavy atom. The minimum atomic E-state index is -0.147. The van der Waals surface area contributed by atoms with Gasteiger partial charge < -0.3 is 0 Å². The average molecular weight is 284 g/mol. The third-order valence-corrected chi connectivity index (χ3v) is 4.04. The molecule has 20 heavy (non-hydrogen) atoms. The predicted molar refractivity (Wildman–Crippen MR) is 80.5 cm³/mol. The average Bonchev–Trinajstić information content (AvgIpc) is 2.92. The molecular weight excluding hydrogens is 272 g/mol. The van der Waals surface area contributed by atoms with Crippen molar-refractivity contribution in [3.05, 3.63) is 57.7 Å². The molecule has 0 amide bonds. The molecule has 0 spiro atoms. The second kappa shape index (κ2) is 5.34. The summed E-state index contributed by atoms with van der Waals surface area (Å²) in [5.74, 6) is 0. The normalized spacial score (nSPS) is 11.4. The lowest BCUT2D eigenvalue weighted by atomic mass is 10.3. The number of aromatic nitrogens is 3. The van der Waals surface area contributed by atoms with Crippen molar-refractivity contribution < 1.29 is 0 Å². The van der Waals surface area contributed by atoms with Crippen molar-refractivity contribution in [2.24, 2.45) is 5.10 Å². The van der Waals surface area contributed by atoms with Gasteiger partial charge in [0.25, 0.3) is 5.56 Å². The lowest BCUT2D eigenvalue weighted by Gasteiger charge is -1.96. The van der Waals surface area contributed by atoms with Crippen LogP contribution >= 0.6 is 11.3 Å². The molecule has 0 bridgehead atoms. The highest BCUT2D eigenvalue weighted by Crippen LogP contribution is 2.20. The Morgan fingerprint density at radius 3 is 3.15 bits per heavy atom. The van der Waals surface area contributed by atoms with Crippen LogP contribution in [0.2, 0.25) is 0 Å². The summed E-state index contributed by atoms with van der Waals surface area (Å²) in [6.07, 6.45) is 7.32. The molecule has 3 rings (SSSR count). The summed E-state index contributed by atoms with van der Waals surface area (Å²) in [5.41, 5.74) is 0.685. The molecule has 0 aliphatic heterocycles. The molecular formula is C14H12N4OS. The Balaban J connectivity index is 2.02. The van der Waals surface area contributed by atoms with Gasteiger partial charge in [-0.3, -0.25) is 9.78 Å². The monoisotopic (exact) mass is 284 g/mol. The molecule has 0 atom stereocenters. The van der Waals surface area contributed by atoms with Crippen LogP contribution in [0.25, 0.3) is 10.2 Å². The highest BCUT2D eigenvalue weighted by Gasteiger charge is 2.07. The zero-order chi connectivity index (χ0) is 13.9. The summed E-state index contributed by atoms with van der Waals surface area (Å²) in [7, 11) is 0. The van der Waals surface area contributed by atoms with E-state index in [0.717, 1.165) is 21.7 Å². The minimum Gasteiger partial charge on any atom is -0.267 e. The summed E-state index contributed by atoms with van der Waals surface area (Å²) in [4.78, 5) is 22.5. The molecule has 0 unspecified atom stereocenters. The van der Waals surface area contributed by atoms with E-state index in [1.807, 2.05) is 18.2 Å². The molecule has 5 nitrogen and oxygen atoms in total. The fourth-order valence-corrected chi connectivity index (χ4v) is 2.73. The fraction of sp³-hybridized carbons (Fsp3) is 0.143. The van der Waals surface area contributed by atoms with Gasteiger partial charge in [0.15, 0.2) is 0 Å². The van der Waals surface area contributed by atoms with Crippen LogP contribution in [-0.2, 0) is 6.42 Å². The van der Waals surface area contributed by atoms with Crippen LogP contribution in [0.4, 0.5) is 0 Å². The molecule has 0 saturated carbocycles. The Hall–Kier alpha value is -2.34. The second-order valence-electron chi connectivity index (χ2n) is 4.21. The molecule has 0 aromatic carbocycles. The Morgan fingerprint density at radius 1 is 1.50 bits per heavy atom. The van der Waals surface area contributed by atoms with Gasteiger partial charge in [-0.1, -0.05) is 13.0 Å². The van der Waals surface area contributed by atoms with E-state index in [-0.39, 0.29) is 5.56 Å². The van der Waals surface area contributed by atoms with E-state index in [9.17, 15) is 4.79 Å². The van der Waals surface area contributed by atoms with Crippen LogP contribution in [-0.4, -0.2) is 20.9 Å². The highest BCUT2D eigenvalue weighted by molar-refractivity contribution is 7.18. The highest BCUT2D eigenvalue weighted by atomic mass is 32.1. The van der Waals surface area contributed by atoms with Crippen LogP contribution < -0.4 is 5.56 Å². The molecule has 0 radical (unpaired) electrons. The van der Waals surface area contributed by atoms with Gasteiger partial charge in [-0.05, 0) is 18.6 Å². The summed E-state index contributed by atoms with van der Waals surface area (Å²) in [5, 5.41) is 4.77. The molecule has 0 aliphatic carbocycles. The summed E-state index contributed by atoms with van der Waals surface area (Å²) >= 11 is 1.55. The second-order valence-corrected chi connectivity index (χ2v) is 5.33. The van der Waals surface area contributed by atoms with Gasteiger partial charge in [0.2, 0.25) is 0 Å². The lowest BCUT2D eigenvalue weighted by Crippen LogP contribution is -2.16. The van der Waals surface area contributed by atoms with Crippen molar-refractivity contribution in [3.63, 3.8) is 0 Å². The topological polar surface area (TPSA) is 60.1 Å². The molecule has 100 valence electrons. The number of hydrogen-bond acceptors (Lipinski definition) is 5. The molecule has 0 N–H and O–H groups in total. The van der Waals surface area contributed by atoms with E-state index in [4.69, 9.17) is 0 Å². The first kappa shape index (κ1) is 12.7. The number of pyridine rings is 1. The number of nitrogens with zero attached hydrogens (tertiary/aromatic N) is 4. The van der Waals surface area contributed by atoms with Crippen LogP contribution in [0, 0.1) is 0 Å². The standard InChI is InChI=1S/C14H12N4OS/c1-2-11-6-12-13(20-11)16-9-18(14(12)19)17-8-10-4-3-5-15-7-10/h3-9H,2H2,1H3/b17-8-. The van der Waals surface area contributed by atoms with E-state index >= 15 is 0 Å². The van der Waals surface area contributed by atoms with Gasteiger partial charge in [0.1, 0.15) is 11.2 Å². The minimum absolute atomic E-state index is 0.147. The molecule has 0 saturated heterocycles. The quantitative estimate of drug-likeness (QED) is 0.693. The Labute approximate surface area is 119 Å². The predicted octanol–water partition coefficient (Wildman–Crippen LogP) is 2.30. The summed E-state index contributed by atoms with van der Waals surface area (Å²) < 4.78 is 1.25. The van der Waals surface area contributed by atoms with E-state index in [1.54, 1.807) is 29.9 Å². The largest absolute Gasteiger partial charge is 0.282 e. The third kappa shape index (κ3) is 2.37.